The molecule has 0 saturated heterocycles. The molecule has 9 heteroatoms. The molecule has 2 heterocycles. The highest BCUT2D eigenvalue weighted by molar-refractivity contribution is 7.92. The summed E-state index contributed by atoms with van der Waals surface area (Å²) in [5.74, 6) is 0. The molecule has 4 N–H and O–H groups in total. The number of nitrogens with one attached hydrogen (secondary N) is 2. The zero-order chi connectivity index (χ0) is 13.5. The smallest absolute Gasteiger partial charge is 0.280 e. The second-order valence-corrected chi connectivity index (χ2v) is 6.98. The Hall–Kier alpha value is -1.45. The summed E-state index contributed by atoms with van der Waals surface area (Å²) in [5, 5.41) is 6.58. The first kappa shape index (κ1) is 12.6. The van der Waals surface area contributed by atoms with Gasteiger partial charge in [-0.25, -0.2) is 4.98 Å². The number of thiazole rings is 1. The fourth-order valence-corrected chi connectivity index (χ4v) is 4.51. The largest absolute Gasteiger partial charge is 0.326 e. The summed E-state index contributed by atoms with van der Waals surface area (Å²) in [6, 6.07) is 0. The first-order chi connectivity index (χ1) is 9.10. The van der Waals surface area contributed by atoms with E-state index in [-0.39, 0.29) is 11.6 Å². The molecular weight excluding hydrogens is 286 g/mol. The van der Waals surface area contributed by atoms with Crippen molar-refractivity contribution in [2.75, 3.05) is 4.72 Å². The Bertz CT molecular complexity index is 682. The van der Waals surface area contributed by atoms with E-state index >= 15 is 0 Å². The zero-order valence-electron chi connectivity index (χ0n) is 10.0. The van der Waals surface area contributed by atoms with E-state index in [1.54, 1.807) is 0 Å². The van der Waals surface area contributed by atoms with Crippen LogP contribution in [0.4, 0.5) is 5.13 Å². The summed E-state index contributed by atoms with van der Waals surface area (Å²) < 4.78 is 26.9. The Morgan fingerprint density at radius 1 is 1.47 bits per heavy atom. The summed E-state index contributed by atoms with van der Waals surface area (Å²) in [6.45, 7) is 0.112. The van der Waals surface area contributed by atoms with Gasteiger partial charge >= 0.3 is 0 Å². The molecule has 0 amide bonds. The lowest BCUT2D eigenvalue weighted by Crippen LogP contribution is -2.16. The van der Waals surface area contributed by atoms with Crippen LogP contribution in [0.5, 0.6) is 0 Å². The van der Waals surface area contributed by atoms with Gasteiger partial charge in [0.15, 0.2) is 10.2 Å². The van der Waals surface area contributed by atoms with Crippen LogP contribution in [-0.4, -0.2) is 23.6 Å². The number of aromatic nitrogens is 3. The van der Waals surface area contributed by atoms with Gasteiger partial charge in [0.2, 0.25) is 0 Å². The van der Waals surface area contributed by atoms with Gasteiger partial charge in [0.05, 0.1) is 11.9 Å². The van der Waals surface area contributed by atoms with Crippen molar-refractivity contribution in [2.45, 2.75) is 30.8 Å². The van der Waals surface area contributed by atoms with Crippen LogP contribution in [0.2, 0.25) is 0 Å². The summed E-state index contributed by atoms with van der Waals surface area (Å²) in [4.78, 5) is 5.47. The number of rotatable bonds is 4. The van der Waals surface area contributed by atoms with Crippen molar-refractivity contribution >= 4 is 26.5 Å². The van der Waals surface area contributed by atoms with Crippen molar-refractivity contribution in [1.29, 1.82) is 0 Å². The minimum Gasteiger partial charge on any atom is -0.326 e. The van der Waals surface area contributed by atoms with Crippen LogP contribution in [0, 0.1) is 0 Å². The lowest BCUT2D eigenvalue weighted by Gasteiger charge is -2.04. The van der Waals surface area contributed by atoms with Crippen molar-refractivity contribution in [2.24, 2.45) is 5.73 Å². The van der Waals surface area contributed by atoms with E-state index in [0.29, 0.717) is 10.7 Å². The van der Waals surface area contributed by atoms with E-state index in [1.165, 1.54) is 22.4 Å². The number of anilines is 1. The molecule has 1 aliphatic rings. The monoisotopic (exact) mass is 299 g/mol. The van der Waals surface area contributed by atoms with E-state index < -0.39 is 10.0 Å². The molecule has 7 nitrogen and oxygen atoms in total. The third-order valence-electron chi connectivity index (χ3n) is 2.98. The molecule has 0 saturated carbocycles. The SMILES string of the molecule is NCc1cn[nH]c1S(=O)(=O)Nc1nc2c(s1)CCC2. The van der Waals surface area contributed by atoms with Crippen LogP contribution in [0.1, 0.15) is 22.6 Å². The topological polar surface area (TPSA) is 114 Å². The Kier molecular flexibility index (Phi) is 3.03. The average Bonchev–Trinajstić information content (AvgIpc) is 3.00. The molecule has 1 aliphatic carbocycles. The van der Waals surface area contributed by atoms with Gasteiger partial charge < -0.3 is 5.73 Å². The number of sulfonamides is 1. The van der Waals surface area contributed by atoms with E-state index in [4.69, 9.17) is 5.73 Å². The number of hydrogen-bond acceptors (Lipinski definition) is 6. The first-order valence-corrected chi connectivity index (χ1v) is 8.14. The molecule has 2 aromatic heterocycles. The van der Waals surface area contributed by atoms with Gasteiger partial charge in [-0.15, -0.1) is 11.3 Å². The van der Waals surface area contributed by atoms with Crippen molar-refractivity contribution in [1.82, 2.24) is 15.2 Å². The fourth-order valence-electron chi connectivity index (χ4n) is 2.08. The quantitative estimate of drug-likeness (QED) is 0.765. The van der Waals surface area contributed by atoms with Gasteiger partial charge in [-0.2, -0.15) is 13.5 Å². The number of fused-ring (bicyclic) bond motifs is 1. The Morgan fingerprint density at radius 3 is 3.05 bits per heavy atom. The minimum atomic E-state index is -3.70. The Balaban J connectivity index is 1.89. The molecular formula is C10H13N5O2S2. The van der Waals surface area contributed by atoms with E-state index in [9.17, 15) is 8.42 Å². The fraction of sp³-hybridized carbons (Fsp3) is 0.400. The van der Waals surface area contributed by atoms with Crippen molar-refractivity contribution in [3.63, 3.8) is 0 Å². The van der Waals surface area contributed by atoms with E-state index in [2.05, 4.69) is 19.9 Å². The predicted molar refractivity (Wildman–Crippen MR) is 71.4 cm³/mol. The molecule has 0 radical (unpaired) electrons. The summed E-state index contributed by atoms with van der Waals surface area (Å²) >= 11 is 1.39. The molecule has 0 spiro atoms. The Morgan fingerprint density at radius 2 is 2.32 bits per heavy atom. The number of hydrogen-bond donors (Lipinski definition) is 3. The molecule has 0 aromatic carbocycles. The van der Waals surface area contributed by atoms with Crippen molar-refractivity contribution in [3.05, 3.63) is 22.3 Å². The highest BCUT2D eigenvalue weighted by atomic mass is 32.2. The third-order valence-corrected chi connectivity index (χ3v) is 5.54. The lowest BCUT2D eigenvalue weighted by molar-refractivity contribution is 0.595. The summed E-state index contributed by atoms with van der Waals surface area (Å²) in [6.07, 6.45) is 4.41. The van der Waals surface area contributed by atoms with Crippen LogP contribution >= 0.6 is 11.3 Å². The van der Waals surface area contributed by atoms with Gasteiger partial charge in [0, 0.05) is 17.0 Å². The van der Waals surface area contributed by atoms with E-state index in [1.807, 2.05) is 0 Å². The van der Waals surface area contributed by atoms with Crippen LogP contribution in [0.3, 0.4) is 0 Å². The normalized spacial score (nSPS) is 14.6. The number of aromatic amines is 1. The van der Waals surface area contributed by atoms with Crippen molar-refractivity contribution < 1.29 is 8.42 Å². The molecule has 0 aliphatic heterocycles. The molecule has 0 unspecified atom stereocenters. The van der Waals surface area contributed by atoms with Crippen LogP contribution in [-0.2, 0) is 29.4 Å². The van der Waals surface area contributed by atoms with Crippen LogP contribution in [0.25, 0.3) is 0 Å². The second kappa shape index (κ2) is 4.58. The molecule has 19 heavy (non-hydrogen) atoms. The highest BCUT2D eigenvalue weighted by Crippen LogP contribution is 2.31. The lowest BCUT2D eigenvalue weighted by atomic mass is 10.4. The number of nitrogens with zero attached hydrogens (tertiary/aromatic N) is 2. The summed E-state index contributed by atoms with van der Waals surface area (Å²) in [7, 11) is -3.70. The molecule has 0 bridgehead atoms. The van der Waals surface area contributed by atoms with Crippen LogP contribution < -0.4 is 10.5 Å². The maximum absolute atomic E-state index is 12.2. The second-order valence-electron chi connectivity index (χ2n) is 4.28. The number of nitrogens with two attached hydrogens (primary N) is 1. The highest BCUT2D eigenvalue weighted by Gasteiger charge is 2.24. The average molecular weight is 299 g/mol. The first-order valence-electron chi connectivity index (χ1n) is 5.84. The maximum Gasteiger partial charge on any atom is 0.280 e. The molecule has 0 fully saturated rings. The molecule has 0 atom stereocenters. The number of aryl methyl sites for hydroxylation is 2. The van der Waals surface area contributed by atoms with Gasteiger partial charge in [-0.05, 0) is 19.3 Å². The minimum absolute atomic E-state index is 0.00496. The molecule has 3 rings (SSSR count). The van der Waals surface area contributed by atoms with Gasteiger partial charge in [-0.1, -0.05) is 0 Å². The van der Waals surface area contributed by atoms with Crippen LogP contribution in [0.15, 0.2) is 11.2 Å². The maximum atomic E-state index is 12.2. The van der Waals surface area contributed by atoms with E-state index in [0.717, 1.165) is 25.0 Å². The zero-order valence-corrected chi connectivity index (χ0v) is 11.6. The Labute approximate surface area is 114 Å². The summed E-state index contributed by atoms with van der Waals surface area (Å²) in [5.41, 5.74) is 6.94. The van der Waals surface area contributed by atoms with Gasteiger partial charge in [0.25, 0.3) is 10.0 Å². The van der Waals surface area contributed by atoms with Crippen molar-refractivity contribution in [3.8, 4) is 0 Å². The molecule has 2 aromatic rings. The molecule has 102 valence electrons. The standard InChI is InChI=1S/C10H13N5O2S2/c11-4-6-5-12-14-9(6)19(16,17)15-10-13-7-2-1-3-8(7)18-10/h5H,1-4,11H2,(H,12,14)(H,13,15). The number of H-pyrrole nitrogens is 1. The predicted octanol–water partition coefficient (Wildman–Crippen LogP) is 0.614. The third kappa shape index (κ3) is 2.24. The van der Waals surface area contributed by atoms with Gasteiger partial charge in [0.1, 0.15) is 0 Å². The van der Waals surface area contributed by atoms with Gasteiger partial charge in [-0.3, -0.25) is 9.82 Å².